The summed E-state index contributed by atoms with van der Waals surface area (Å²) in [5, 5.41) is 1.83. The van der Waals surface area contributed by atoms with Crippen molar-refractivity contribution < 1.29 is 9.18 Å². The van der Waals surface area contributed by atoms with E-state index in [1.165, 1.54) is 23.5 Å². The molecule has 15 heavy (non-hydrogen) atoms. The third-order valence-corrected chi connectivity index (χ3v) is 3.26. The van der Waals surface area contributed by atoms with Crippen molar-refractivity contribution in [3.63, 3.8) is 0 Å². The molecule has 0 aliphatic carbocycles. The van der Waals surface area contributed by atoms with E-state index in [4.69, 9.17) is 11.6 Å². The number of hydrogen-bond donors (Lipinski definition) is 0. The molecule has 0 N–H and O–H groups in total. The molecule has 0 aliphatic rings. The van der Waals surface area contributed by atoms with Crippen molar-refractivity contribution in [1.82, 2.24) is 0 Å². The molecule has 0 amide bonds. The van der Waals surface area contributed by atoms with Crippen molar-refractivity contribution in [2.45, 2.75) is 0 Å². The molecule has 0 spiro atoms. The molecule has 0 atom stereocenters. The van der Waals surface area contributed by atoms with E-state index in [-0.39, 0.29) is 5.02 Å². The summed E-state index contributed by atoms with van der Waals surface area (Å²) in [6, 6.07) is 6.32. The van der Waals surface area contributed by atoms with Gasteiger partial charge in [-0.2, -0.15) is 0 Å². The van der Waals surface area contributed by atoms with Crippen LogP contribution in [-0.2, 0) is 0 Å². The summed E-state index contributed by atoms with van der Waals surface area (Å²) in [5.74, 6) is -0.449. The Kier molecular flexibility index (Phi) is 2.84. The second kappa shape index (κ2) is 4.13. The fourth-order valence-corrected chi connectivity index (χ4v) is 2.18. The van der Waals surface area contributed by atoms with Gasteiger partial charge in [0, 0.05) is 15.8 Å². The Balaban J connectivity index is 2.44. The van der Waals surface area contributed by atoms with Gasteiger partial charge in [-0.15, -0.1) is 11.3 Å². The summed E-state index contributed by atoms with van der Waals surface area (Å²) in [7, 11) is 0. The van der Waals surface area contributed by atoms with Crippen LogP contribution in [0.2, 0.25) is 5.02 Å². The summed E-state index contributed by atoms with van der Waals surface area (Å²) < 4.78 is 13.2. The highest BCUT2D eigenvalue weighted by Gasteiger charge is 2.05. The molecule has 76 valence electrons. The van der Waals surface area contributed by atoms with E-state index in [2.05, 4.69) is 0 Å². The lowest BCUT2D eigenvalue weighted by molar-refractivity contribution is 0.112. The van der Waals surface area contributed by atoms with Gasteiger partial charge in [0.25, 0.3) is 0 Å². The van der Waals surface area contributed by atoms with E-state index >= 15 is 0 Å². The first-order chi connectivity index (χ1) is 7.20. The first-order valence-corrected chi connectivity index (χ1v) is 5.45. The normalized spacial score (nSPS) is 10.3. The first-order valence-electron chi connectivity index (χ1n) is 4.20. The van der Waals surface area contributed by atoms with Gasteiger partial charge in [-0.05, 0) is 23.8 Å². The van der Waals surface area contributed by atoms with Gasteiger partial charge in [0.15, 0.2) is 6.29 Å². The number of carbonyl (C=O) groups is 1. The quantitative estimate of drug-likeness (QED) is 0.725. The summed E-state index contributed by atoms with van der Waals surface area (Å²) in [4.78, 5) is 11.3. The standard InChI is InChI=1S/C11H6ClFOS/c12-9-2-1-8(4-10(9)13)11-3-7(5-14)6-15-11/h1-6H. The number of hydrogen-bond acceptors (Lipinski definition) is 2. The van der Waals surface area contributed by atoms with Gasteiger partial charge in [0.2, 0.25) is 0 Å². The van der Waals surface area contributed by atoms with Crippen LogP contribution >= 0.6 is 22.9 Å². The van der Waals surface area contributed by atoms with E-state index < -0.39 is 5.82 Å². The van der Waals surface area contributed by atoms with Crippen molar-refractivity contribution >= 4 is 29.2 Å². The predicted molar refractivity (Wildman–Crippen MR) is 60.1 cm³/mol. The van der Waals surface area contributed by atoms with E-state index in [0.717, 1.165) is 16.7 Å². The Morgan fingerprint density at radius 1 is 1.33 bits per heavy atom. The number of aldehydes is 1. The molecule has 0 aliphatic heterocycles. The number of rotatable bonds is 2. The maximum absolute atomic E-state index is 13.2. The zero-order valence-electron chi connectivity index (χ0n) is 7.54. The zero-order chi connectivity index (χ0) is 10.8. The second-order valence-electron chi connectivity index (χ2n) is 2.99. The molecular formula is C11H6ClFOS. The maximum Gasteiger partial charge on any atom is 0.150 e. The van der Waals surface area contributed by atoms with Gasteiger partial charge in [-0.3, -0.25) is 4.79 Å². The predicted octanol–water partition coefficient (Wildman–Crippen LogP) is 4.02. The molecule has 0 radical (unpaired) electrons. The minimum atomic E-state index is -0.449. The lowest BCUT2D eigenvalue weighted by Gasteiger charge is -1.98. The molecule has 1 heterocycles. The molecule has 0 bridgehead atoms. The van der Waals surface area contributed by atoms with Gasteiger partial charge in [0.1, 0.15) is 5.82 Å². The monoisotopic (exact) mass is 240 g/mol. The van der Waals surface area contributed by atoms with Crippen LogP contribution in [0, 0.1) is 5.82 Å². The average Bonchev–Trinajstić information content (AvgIpc) is 2.70. The average molecular weight is 241 g/mol. The van der Waals surface area contributed by atoms with Gasteiger partial charge in [-0.25, -0.2) is 4.39 Å². The summed E-state index contributed by atoms with van der Waals surface area (Å²) in [5.41, 5.74) is 1.33. The van der Waals surface area contributed by atoms with Crippen molar-refractivity contribution in [2.75, 3.05) is 0 Å². The van der Waals surface area contributed by atoms with Crippen molar-refractivity contribution in [3.8, 4) is 10.4 Å². The molecule has 2 rings (SSSR count). The molecule has 1 aromatic carbocycles. The first kappa shape index (κ1) is 10.3. The largest absolute Gasteiger partial charge is 0.298 e. The molecule has 1 aromatic heterocycles. The Bertz CT molecular complexity index is 507. The fraction of sp³-hybridized carbons (Fsp3) is 0. The van der Waals surface area contributed by atoms with Crippen LogP contribution in [0.1, 0.15) is 10.4 Å². The SMILES string of the molecule is O=Cc1csc(-c2ccc(Cl)c(F)c2)c1. The van der Waals surface area contributed by atoms with Crippen LogP contribution in [0.25, 0.3) is 10.4 Å². The third kappa shape index (κ3) is 2.08. The highest BCUT2D eigenvalue weighted by molar-refractivity contribution is 7.13. The van der Waals surface area contributed by atoms with E-state index in [9.17, 15) is 9.18 Å². The number of carbonyl (C=O) groups excluding carboxylic acids is 1. The third-order valence-electron chi connectivity index (χ3n) is 1.96. The molecular weight excluding hydrogens is 235 g/mol. The molecule has 0 fully saturated rings. The Morgan fingerprint density at radius 2 is 2.13 bits per heavy atom. The molecule has 2 aromatic rings. The molecule has 0 unspecified atom stereocenters. The van der Waals surface area contributed by atoms with Gasteiger partial charge >= 0.3 is 0 Å². The Morgan fingerprint density at radius 3 is 2.73 bits per heavy atom. The van der Waals surface area contributed by atoms with E-state index in [1.54, 1.807) is 17.5 Å². The maximum atomic E-state index is 13.2. The van der Waals surface area contributed by atoms with Crippen LogP contribution in [0.4, 0.5) is 4.39 Å². The molecule has 1 nitrogen and oxygen atoms in total. The molecule has 0 saturated carbocycles. The smallest absolute Gasteiger partial charge is 0.150 e. The minimum absolute atomic E-state index is 0.103. The topological polar surface area (TPSA) is 17.1 Å². The zero-order valence-corrected chi connectivity index (χ0v) is 9.11. The summed E-state index contributed by atoms with van der Waals surface area (Å²) in [6.07, 6.45) is 0.770. The Labute approximate surface area is 95.1 Å². The number of thiophene rings is 1. The van der Waals surface area contributed by atoms with Gasteiger partial charge < -0.3 is 0 Å². The van der Waals surface area contributed by atoms with Crippen molar-refractivity contribution in [1.29, 1.82) is 0 Å². The van der Waals surface area contributed by atoms with E-state index in [1.807, 2.05) is 0 Å². The van der Waals surface area contributed by atoms with Crippen molar-refractivity contribution in [2.24, 2.45) is 0 Å². The summed E-state index contributed by atoms with van der Waals surface area (Å²) >= 11 is 6.97. The fourth-order valence-electron chi connectivity index (χ4n) is 1.21. The minimum Gasteiger partial charge on any atom is -0.298 e. The molecule has 0 saturated heterocycles. The van der Waals surface area contributed by atoms with Crippen LogP contribution in [0.15, 0.2) is 29.6 Å². The Hall–Kier alpha value is -1.19. The van der Waals surface area contributed by atoms with Crippen LogP contribution < -0.4 is 0 Å². The van der Waals surface area contributed by atoms with Crippen LogP contribution in [-0.4, -0.2) is 6.29 Å². The lowest BCUT2D eigenvalue weighted by atomic mass is 10.1. The lowest BCUT2D eigenvalue weighted by Crippen LogP contribution is -1.78. The highest BCUT2D eigenvalue weighted by atomic mass is 35.5. The molecule has 4 heteroatoms. The van der Waals surface area contributed by atoms with Gasteiger partial charge in [-0.1, -0.05) is 17.7 Å². The number of benzene rings is 1. The number of halogens is 2. The van der Waals surface area contributed by atoms with Crippen LogP contribution in [0.3, 0.4) is 0 Å². The highest BCUT2D eigenvalue weighted by Crippen LogP contribution is 2.29. The summed E-state index contributed by atoms with van der Waals surface area (Å²) in [6.45, 7) is 0. The second-order valence-corrected chi connectivity index (χ2v) is 4.31. The van der Waals surface area contributed by atoms with E-state index in [0.29, 0.717) is 5.56 Å². The van der Waals surface area contributed by atoms with Crippen LogP contribution in [0.5, 0.6) is 0 Å². The van der Waals surface area contributed by atoms with Crippen molar-refractivity contribution in [3.05, 3.63) is 46.0 Å². The van der Waals surface area contributed by atoms with Gasteiger partial charge in [0.05, 0.1) is 5.02 Å².